The highest BCUT2D eigenvalue weighted by Crippen LogP contribution is 2.46. The molecular weight excluding hydrogens is 460 g/mol. The molecule has 2 heterocycles. The summed E-state index contributed by atoms with van der Waals surface area (Å²) in [4.78, 5) is 16.2. The summed E-state index contributed by atoms with van der Waals surface area (Å²) in [7, 11) is 0. The molecule has 1 aliphatic carbocycles. The van der Waals surface area contributed by atoms with Gasteiger partial charge in [-0.1, -0.05) is 12.1 Å². The highest BCUT2D eigenvalue weighted by molar-refractivity contribution is 5.93. The molecule has 1 atom stereocenters. The number of piperidine rings is 1. The molecule has 34 heavy (non-hydrogen) atoms. The highest BCUT2D eigenvalue weighted by Gasteiger charge is 2.47. The lowest BCUT2D eigenvalue weighted by atomic mass is 9.75. The molecule has 2 N–H and O–H groups in total. The van der Waals surface area contributed by atoms with Gasteiger partial charge >= 0.3 is 12.4 Å². The van der Waals surface area contributed by atoms with Crippen LogP contribution in [0.5, 0.6) is 0 Å². The number of benzene rings is 1. The third kappa shape index (κ3) is 4.88. The fraction of sp³-hybridized carbons (Fsp3) is 0.542. The fourth-order valence-corrected chi connectivity index (χ4v) is 5.47. The molecule has 0 bridgehead atoms. The number of hydrogen-bond donors (Lipinski definition) is 1. The molecule has 1 aromatic carbocycles. The zero-order chi connectivity index (χ0) is 24.7. The average molecular weight is 487 g/mol. The van der Waals surface area contributed by atoms with Gasteiger partial charge in [-0.05, 0) is 68.6 Å². The van der Waals surface area contributed by atoms with Gasteiger partial charge in [-0.3, -0.25) is 9.69 Å². The van der Waals surface area contributed by atoms with Gasteiger partial charge in [0.2, 0.25) is 5.91 Å². The van der Waals surface area contributed by atoms with Crippen molar-refractivity contribution in [3.05, 3.63) is 58.7 Å². The van der Waals surface area contributed by atoms with Crippen LogP contribution in [-0.4, -0.2) is 54.1 Å². The normalized spacial score (nSPS) is 25.8. The first kappa shape index (κ1) is 24.8. The number of nitrogens with two attached hydrogens (primary N) is 1. The maximum Gasteiger partial charge on any atom is 0.416 e. The van der Waals surface area contributed by atoms with Crippen molar-refractivity contribution in [3.63, 3.8) is 0 Å². The van der Waals surface area contributed by atoms with E-state index in [9.17, 15) is 31.1 Å². The van der Waals surface area contributed by atoms with Gasteiger partial charge in [0.15, 0.2) is 0 Å². The molecule has 2 fully saturated rings. The summed E-state index contributed by atoms with van der Waals surface area (Å²) in [6, 6.07) is 4.66. The fourth-order valence-electron chi connectivity index (χ4n) is 5.47. The minimum absolute atomic E-state index is 0.0653. The summed E-state index contributed by atoms with van der Waals surface area (Å²) in [6.45, 7) is 2.75. The van der Waals surface area contributed by atoms with E-state index in [2.05, 4.69) is 4.90 Å². The first-order valence-electron chi connectivity index (χ1n) is 11.4. The number of allylic oxidation sites excluding steroid dienone is 2. The van der Waals surface area contributed by atoms with Crippen LogP contribution in [0.2, 0.25) is 0 Å². The molecule has 4 rings (SSSR count). The van der Waals surface area contributed by atoms with Gasteiger partial charge in [-0.15, -0.1) is 0 Å². The number of amides is 1. The third-order valence-electron chi connectivity index (χ3n) is 7.20. The van der Waals surface area contributed by atoms with Crippen LogP contribution < -0.4 is 5.73 Å². The Morgan fingerprint density at radius 3 is 2.18 bits per heavy atom. The molecule has 186 valence electrons. The van der Waals surface area contributed by atoms with Crippen LogP contribution in [0.15, 0.2) is 47.6 Å². The Balaban J connectivity index is 1.78. The van der Waals surface area contributed by atoms with Crippen LogP contribution in [0.3, 0.4) is 0 Å². The Bertz CT molecular complexity index is 985. The SMILES string of the molecule is NC(=O)C1=CC(C(F)(F)F)=CC(c2cccc(C(F)(F)F)c2)(N2CCC(N3CCCC3)CC2)C1. The standard InChI is InChI=1S/C24H27F6N3O/c25-23(26,27)18-5-3-4-17(13-18)22(14-16(21(31)34)12-19(15-22)24(28,29)30)33-10-6-20(7-11-33)32-8-1-2-9-32/h3-5,12-13,15,20H,1-2,6-11,14H2,(H2,31,34). The Hall–Kier alpha value is -2.33. The average Bonchev–Trinajstić information content (AvgIpc) is 3.33. The number of nitrogens with zero attached hydrogens (tertiary/aromatic N) is 2. The molecule has 2 aliphatic heterocycles. The van der Waals surface area contributed by atoms with Gasteiger partial charge in [0, 0.05) is 31.1 Å². The topological polar surface area (TPSA) is 49.6 Å². The van der Waals surface area contributed by atoms with E-state index in [1.54, 1.807) is 4.90 Å². The lowest BCUT2D eigenvalue weighted by Crippen LogP contribution is -2.53. The number of likely N-dealkylation sites (tertiary alicyclic amines) is 2. The predicted molar refractivity (Wildman–Crippen MR) is 115 cm³/mol. The zero-order valence-electron chi connectivity index (χ0n) is 18.6. The Labute approximate surface area is 194 Å². The van der Waals surface area contributed by atoms with E-state index in [0.717, 1.165) is 44.1 Å². The van der Waals surface area contributed by atoms with Gasteiger partial charge < -0.3 is 10.6 Å². The summed E-state index contributed by atoms with van der Waals surface area (Å²) in [5.74, 6) is -1.02. The van der Waals surface area contributed by atoms with Crippen molar-refractivity contribution < 1.29 is 31.1 Å². The number of carbonyl (C=O) groups is 1. The molecule has 10 heteroatoms. The van der Waals surface area contributed by atoms with Crippen molar-refractivity contribution in [3.8, 4) is 0 Å². The Morgan fingerprint density at radius 2 is 1.62 bits per heavy atom. The first-order chi connectivity index (χ1) is 15.9. The summed E-state index contributed by atoms with van der Waals surface area (Å²) in [6.07, 6.45) is -4.39. The second kappa shape index (κ2) is 9.03. The molecule has 3 aliphatic rings. The van der Waals surface area contributed by atoms with E-state index in [1.165, 1.54) is 12.1 Å². The van der Waals surface area contributed by atoms with Crippen LogP contribution >= 0.6 is 0 Å². The monoisotopic (exact) mass is 487 g/mol. The van der Waals surface area contributed by atoms with Crippen LogP contribution in [0.1, 0.15) is 43.2 Å². The number of primary amides is 1. The molecule has 1 unspecified atom stereocenters. The van der Waals surface area contributed by atoms with Gasteiger partial charge in [0.25, 0.3) is 0 Å². The number of rotatable bonds is 4. The van der Waals surface area contributed by atoms with Crippen LogP contribution in [0, 0.1) is 0 Å². The molecule has 0 radical (unpaired) electrons. The highest BCUT2D eigenvalue weighted by atomic mass is 19.4. The molecule has 1 aromatic rings. The summed E-state index contributed by atoms with van der Waals surface area (Å²) >= 11 is 0. The molecular formula is C24H27F6N3O. The lowest BCUT2D eigenvalue weighted by molar-refractivity contribution is -0.137. The Kier molecular flexibility index (Phi) is 6.58. The van der Waals surface area contributed by atoms with Gasteiger partial charge in [-0.25, -0.2) is 0 Å². The van der Waals surface area contributed by atoms with E-state index >= 15 is 0 Å². The second-order valence-corrected chi connectivity index (χ2v) is 9.27. The molecule has 2 saturated heterocycles. The van der Waals surface area contributed by atoms with Gasteiger partial charge in [0.05, 0.1) is 16.7 Å². The van der Waals surface area contributed by atoms with Crippen LogP contribution in [0.25, 0.3) is 0 Å². The van der Waals surface area contributed by atoms with Crippen LogP contribution in [0.4, 0.5) is 26.3 Å². The molecule has 1 amide bonds. The van der Waals surface area contributed by atoms with E-state index in [0.29, 0.717) is 32.0 Å². The summed E-state index contributed by atoms with van der Waals surface area (Å²) in [5.41, 5.74) is 1.61. The number of hydrogen-bond acceptors (Lipinski definition) is 3. The van der Waals surface area contributed by atoms with Gasteiger partial charge in [0.1, 0.15) is 0 Å². The number of halogens is 6. The largest absolute Gasteiger partial charge is 0.416 e. The smallest absolute Gasteiger partial charge is 0.366 e. The van der Waals surface area contributed by atoms with E-state index in [-0.39, 0.29) is 23.6 Å². The third-order valence-corrected chi connectivity index (χ3v) is 7.20. The quantitative estimate of drug-likeness (QED) is 0.623. The maximum absolute atomic E-state index is 13.9. The summed E-state index contributed by atoms with van der Waals surface area (Å²) in [5, 5.41) is 0. The first-order valence-corrected chi connectivity index (χ1v) is 11.4. The molecule has 0 spiro atoms. The van der Waals surface area contributed by atoms with Crippen LogP contribution in [-0.2, 0) is 16.5 Å². The van der Waals surface area contributed by atoms with E-state index < -0.39 is 34.9 Å². The van der Waals surface area contributed by atoms with Crippen molar-refractivity contribution in [1.82, 2.24) is 9.80 Å². The molecule has 4 nitrogen and oxygen atoms in total. The zero-order valence-corrected chi connectivity index (χ0v) is 18.6. The second-order valence-electron chi connectivity index (χ2n) is 9.27. The van der Waals surface area contributed by atoms with E-state index in [4.69, 9.17) is 5.73 Å². The molecule has 0 saturated carbocycles. The summed E-state index contributed by atoms with van der Waals surface area (Å²) < 4.78 is 82.1. The maximum atomic E-state index is 13.9. The predicted octanol–water partition coefficient (Wildman–Crippen LogP) is 4.77. The number of carbonyl (C=O) groups excluding carboxylic acids is 1. The lowest BCUT2D eigenvalue weighted by Gasteiger charge is -2.49. The van der Waals surface area contributed by atoms with Crippen molar-refractivity contribution in [1.29, 1.82) is 0 Å². The molecule has 0 aromatic heterocycles. The van der Waals surface area contributed by atoms with Crippen molar-refractivity contribution >= 4 is 5.91 Å². The number of alkyl halides is 6. The van der Waals surface area contributed by atoms with Crippen molar-refractivity contribution in [2.24, 2.45) is 5.73 Å². The Morgan fingerprint density at radius 1 is 0.971 bits per heavy atom. The minimum atomic E-state index is -4.79. The van der Waals surface area contributed by atoms with Crippen molar-refractivity contribution in [2.75, 3.05) is 26.2 Å². The van der Waals surface area contributed by atoms with Gasteiger partial charge in [-0.2, -0.15) is 26.3 Å². The van der Waals surface area contributed by atoms with Crippen molar-refractivity contribution in [2.45, 2.75) is 56.0 Å². The van der Waals surface area contributed by atoms with E-state index in [1.807, 2.05) is 0 Å². The minimum Gasteiger partial charge on any atom is -0.366 e.